The molecule has 76 valence electrons. The van der Waals surface area contributed by atoms with E-state index >= 15 is 0 Å². The molecule has 0 spiro atoms. The highest BCUT2D eigenvalue weighted by molar-refractivity contribution is 5.18. The summed E-state index contributed by atoms with van der Waals surface area (Å²) in [5.74, 6) is -4.72. The van der Waals surface area contributed by atoms with Gasteiger partial charge in [0, 0.05) is 13.6 Å². The Kier molecular flexibility index (Phi) is 2.25. The van der Waals surface area contributed by atoms with Gasteiger partial charge >= 0.3 is 12.1 Å². The van der Waals surface area contributed by atoms with Crippen molar-refractivity contribution in [3.05, 3.63) is 11.8 Å². The molecule has 0 N–H and O–H groups in total. The van der Waals surface area contributed by atoms with E-state index in [1.165, 1.54) is 7.05 Å². The van der Waals surface area contributed by atoms with Gasteiger partial charge in [-0.05, 0) is 6.42 Å². The van der Waals surface area contributed by atoms with Crippen molar-refractivity contribution in [1.82, 2.24) is 4.90 Å². The summed E-state index contributed by atoms with van der Waals surface area (Å²) in [6.45, 7) is 0.209. The molecule has 1 aliphatic heterocycles. The van der Waals surface area contributed by atoms with Gasteiger partial charge in [0.2, 0.25) is 0 Å². The summed E-state index contributed by atoms with van der Waals surface area (Å²) >= 11 is 0. The molecule has 0 saturated carbocycles. The van der Waals surface area contributed by atoms with E-state index in [0.717, 1.165) is 11.0 Å². The van der Waals surface area contributed by atoms with Gasteiger partial charge in [-0.25, -0.2) is 0 Å². The first-order chi connectivity index (χ1) is 5.77. The van der Waals surface area contributed by atoms with Crippen LogP contribution in [0.4, 0.5) is 22.0 Å². The van der Waals surface area contributed by atoms with Crippen molar-refractivity contribution in [2.75, 3.05) is 13.6 Å². The minimum Gasteiger partial charge on any atom is -0.373 e. The maximum atomic E-state index is 12.7. The lowest BCUT2D eigenvalue weighted by Crippen LogP contribution is -2.42. The standard InChI is InChI=1S/C7H8F5N/c1-13-4-2-3-5(13)6(8,9)7(10,11)12/h3H,2,4H2,1H3. The molecule has 0 bridgehead atoms. The fraction of sp³-hybridized carbons (Fsp3) is 0.714. The van der Waals surface area contributed by atoms with Gasteiger partial charge in [-0.2, -0.15) is 22.0 Å². The molecule has 0 aromatic rings. The predicted molar refractivity (Wildman–Crippen MR) is 36.3 cm³/mol. The van der Waals surface area contributed by atoms with E-state index in [0.29, 0.717) is 0 Å². The fourth-order valence-corrected chi connectivity index (χ4v) is 1.18. The second kappa shape index (κ2) is 2.85. The summed E-state index contributed by atoms with van der Waals surface area (Å²) in [4.78, 5) is 0.924. The summed E-state index contributed by atoms with van der Waals surface area (Å²) < 4.78 is 60.8. The predicted octanol–water partition coefficient (Wildman–Crippen LogP) is 2.40. The Morgan fingerprint density at radius 1 is 1.23 bits per heavy atom. The molecular weight excluding hydrogens is 193 g/mol. The maximum Gasteiger partial charge on any atom is 0.459 e. The first-order valence-electron chi connectivity index (χ1n) is 3.63. The number of hydrogen-bond acceptors (Lipinski definition) is 1. The molecule has 0 saturated heterocycles. The highest BCUT2D eigenvalue weighted by Gasteiger charge is 2.61. The van der Waals surface area contributed by atoms with Crippen molar-refractivity contribution in [1.29, 1.82) is 0 Å². The van der Waals surface area contributed by atoms with E-state index in [-0.39, 0.29) is 13.0 Å². The molecule has 0 amide bonds. The second-order valence-electron chi connectivity index (χ2n) is 2.87. The van der Waals surface area contributed by atoms with Crippen LogP contribution in [0.2, 0.25) is 0 Å². The van der Waals surface area contributed by atoms with Crippen LogP contribution in [0.3, 0.4) is 0 Å². The lowest BCUT2D eigenvalue weighted by atomic mass is 10.2. The van der Waals surface area contributed by atoms with Gasteiger partial charge in [-0.1, -0.05) is 6.08 Å². The molecule has 0 radical (unpaired) electrons. The monoisotopic (exact) mass is 201 g/mol. The highest BCUT2D eigenvalue weighted by Crippen LogP contribution is 2.43. The largest absolute Gasteiger partial charge is 0.459 e. The summed E-state index contributed by atoms with van der Waals surface area (Å²) in [5.41, 5.74) is -0.944. The number of halogens is 5. The third kappa shape index (κ3) is 1.62. The van der Waals surface area contributed by atoms with Crippen molar-refractivity contribution in [3.63, 3.8) is 0 Å². The van der Waals surface area contributed by atoms with Gasteiger partial charge in [-0.3, -0.25) is 0 Å². The molecule has 1 nitrogen and oxygen atoms in total. The van der Waals surface area contributed by atoms with E-state index in [4.69, 9.17) is 0 Å². The normalized spacial score (nSPS) is 19.2. The Labute approximate surface area is 71.8 Å². The summed E-state index contributed by atoms with van der Waals surface area (Å²) in [6, 6.07) is 0. The first kappa shape index (κ1) is 10.3. The Morgan fingerprint density at radius 2 is 1.77 bits per heavy atom. The Bertz CT molecular complexity index is 230. The molecule has 0 fully saturated rings. The summed E-state index contributed by atoms with van der Waals surface area (Å²) in [6.07, 6.45) is -4.34. The zero-order valence-corrected chi connectivity index (χ0v) is 6.83. The zero-order chi connectivity index (χ0) is 10.3. The van der Waals surface area contributed by atoms with E-state index in [1.54, 1.807) is 0 Å². The second-order valence-corrected chi connectivity index (χ2v) is 2.87. The molecule has 0 unspecified atom stereocenters. The van der Waals surface area contributed by atoms with Gasteiger partial charge in [0.15, 0.2) is 0 Å². The fourth-order valence-electron chi connectivity index (χ4n) is 1.18. The van der Waals surface area contributed by atoms with Crippen LogP contribution in [-0.2, 0) is 0 Å². The van der Waals surface area contributed by atoms with Gasteiger partial charge < -0.3 is 4.90 Å². The molecule has 1 aliphatic rings. The van der Waals surface area contributed by atoms with Crippen molar-refractivity contribution < 1.29 is 22.0 Å². The van der Waals surface area contributed by atoms with E-state index in [9.17, 15) is 22.0 Å². The topological polar surface area (TPSA) is 3.24 Å². The average molecular weight is 201 g/mol. The van der Waals surface area contributed by atoms with Crippen LogP contribution >= 0.6 is 0 Å². The van der Waals surface area contributed by atoms with Crippen LogP contribution in [0.25, 0.3) is 0 Å². The smallest absolute Gasteiger partial charge is 0.373 e. The number of hydrogen-bond donors (Lipinski definition) is 0. The lowest BCUT2D eigenvalue weighted by molar-refractivity contribution is -0.269. The molecule has 13 heavy (non-hydrogen) atoms. The van der Waals surface area contributed by atoms with Crippen LogP contribution < -0.4 is 0 Å². The average Bonchev–Trinajstić information content (AvgIpc) is 2.32. The van der Waals surface area contributed by atoms with Crippen LogP contribution in [0, 0.1) is 0 Å². The first-order valence-corrected chi connectivity index (χ1v) is 3.63. The third-order valence-electron chi connectivity index (χ3n) is 1.89. The quantitative estimate of drug-likeness (QED) is 0.589. The van der Waals surface area contributed by atoms with Gasteiger partial charge in [0.05, 0.1) is 5.70 Å². The SMILES string of the molecule is CN1CCC=C1C(F)(F)C(F)(F)F. The van der Waals surface area contributed by atoms with Crippen molar-refractivity contribution >= 4 is 0 Å². The third-order valence-corrected chi connectivity index (χ3v) is 1.89. The summed E-state index contributed by atoms with van der Waals surface area (Å²) in [5, 5.41) is 0. The number of rotatable bonds is 1. The highest BCUT2D eigenvalue weighted by atomic mass is 19.4. The molecular formula is C7H8F5N. The lowest BCUT2D eigenvalue weighted by Gasteiger charge is -2.26. The Hall–Kier alpha value is -0.810. The maximum absolute atomic E-state index is 12.7. The van der Waals surface area contributed by atoms with Crippen molar-refractivity contribution in [3.8, 4) is 0 Å². The molecule has 0 aromatic heterocycles. The van der Waals surface area contributed by atoms with Crippen molar-refractivity contribution in [2.45, 2.75) is 18.5 Å². The van der Waals surface area contributed by atoms with E-state index in [1.807, 2.05) is 0 Å². The molecule has 1 heterocycles. The zero-order valence-electron chi connectivity index (χ0n) is 6.83. The molecule has 0 aliphatic carbocycles. The molecule has 0 aromatic carbocycles. The van der Waals surface area contributed by atoms with Crippen LogP contribution in [0.5, 0.6) is 0 Å². The van der Waals surface area contributed by atoms with Crippen LogP contribution in [0.1, 0.15) is 6.42 Å². The number of allylic oxidation sites excluding steroid dienone is 1. The van der Waals surface area contributed by atoms with Crippen LogP contribution in [-0.4, -0.2) is 30.6 Å². The summed E-state index contributed by atoms with van der Waals surface area (Å²) in [7, 11) is 1.22. The minimum atomic E-state index is -5.50. The Balaban J connectivity index is 2.93. The van der Waals surface area contributed by atoms with E-state index in [2.05, 4.69) is 0 Å². The van der Waals surface area contributed by atoms with Crippen molar-refractivity contribution in [2.24, 2.45) is 0 Å². The van der Waals surface area contributed by atoms with Gasteiger partial charge in [0.25, 0.3) is 0 Å². The Morgan fingerprint density at radius 3 is 2.08 bits per heavy atom. The minimum absolute atomic E-state index is 0.209. The molecule has 1 rings (SSSR count). The number of nitrogens with zero attached hydrogens (tertiary/aromatic N) is 1. The van der Waals surface area contributed by atoms with E-state index < -0.39 is 17.8 Å². The van der Waals surface area contributed by atoms with Gasteiger partial charge in [-0.15, -0.1) is 0 Å². The molecule has 0 atom stereocenters. The number of alkyl halides is 5. The van der Waals surface area contributed by atoms with Gasteiger partial charge in [0.1, 0.15) is 0 Å². The van der Waals surface area contributed by atoms with Crippen LogP contribution in [0.15, 0.2) is 11.8 Å². The molecule has 6 heteroatoms.